The summed E-state index contributed by atoms with van der Waals surface area (Å²) in [6.45, 7) is 1.62. The molecule has 1 N–H and O–H groups in total. The van der Waals surface area contributed by atoms with Crippen LogP contribution in [-0.4, -0.2) is 43.0 Å². The number of morpholine rings is 1. The van der Waals surface area contributed by atoms with Crippen molar-refractivity contribution >= 4 is 11.8 Å². The quantitative estimate of drug-likeness (QED) is 0.868. The van der Waals surface area contributed by atoms with Crippen molar-refractivity contribution < 1.29 is 14.3 Å². The second-order valence-electron chi connectivity index (χ2n) is 6.37. The fourth-order valence-electron chi connectivity index (χ4n) is 3.02. The van der Waals surface area contributed by atoms with Gasteiger partial charge in [-0.2, -0.15) is 0 Å². The Labute approximate surface area is 154 Å². The molecule has 1 aliphatic heterocycles. The van der Waals surface area contributed by atoms with Gasteiger partial charge in [0.05, 0.1) is 19.7 Å². The Hall–Kier alpha value is -2.66. The highest BCUT2D eigenvalue weighted by molar-refractivity contribution is 5.84. The monoisotopic (exact) mass is 352 g/mol. The molecule has 5 heteroatoms. The summed E-state index contributed by atoms with van der Waals surface area (Å²) in [6.07, 6.45) is 0.948. The zero-order chi connectivity index (χ0) is 18.2. The summed E-state index contributed by atoms with van der Waals surface area (Å²) in [7, 11) is 0. The molecule has 2 aromatic rings. The minimum atomic E-state index is -0.109. The molecule has 0 aromatic heterocycles. The van der Waals surface area contributed by atoms with Gasteiger partial charge in [0.25, 0.3) is 0 Å². The Balaban J connectivity index is 1.43. The molecule has 0 unspecified atom stereocenters. The molecule has 3 rings (SSSR count). The van der Waals surface area contributed by atoms with Crippen LogP contribution in [0.1, 0.15) is 23.7 Å². The summed E-state index contributed by atoms with van der Waals surface area (Å²) in [4.78, 5) is 26.2. The Morgan fingerprint density at radius 1 is 1.04 bits per heavy atom. The molecule has 26 heavy (non-hydrogen) atoms. The van der Waals surface area contributed by atoms with E-state index in [2.05, 4.69) is 5.32 Å². The van der Waals surface area contributed by atoms with Gasteiger partial charge in [0.15, 0.2) is 0 Å². The lowest BCUT2D eigenvalue weighted by molar-refractivity contribution is -0.139. The van der Waals surface area contributed by atoms with Crippen LogP contribution in [0.5, 0.6) is 0 Å². The first-order chi connectivity index (χ1) is 12.7. The molecule has 1 atom stereocenters. The van der Waals surface area contributed by atoms with Gasteiger partial charge < -0.3 is 15.0 Å². The number of carbonyl (C=O) groups is 2. The SMILES string of the molecule is O=C(CCc1ccccc1)NCC(=O)N1CCO[C@@H](c2ccccc2)C1. The van der Waals surface area contributed by atoms with Crippen LogP contribution >= 0.6 is 0 Å². The Kier molecular flexibility index (Phi) is 6.39. The summed E-state index contributed by atoms with van der Waals surface area (Å²) in [6, 6.07) is 19.8. The second-order valence-corrected chi connectivity index (χ2v) is 6.37. The summed E-state index contributed by atoms with van der Waals surface area (Å²) in [5.74, 6) is -0.169. The van der Waals surface area contributed by atoms with Gasteiger partial charge >= 0.3 is 0 Å². The van der Waals surface area contributed by atoms with Gasteiger partial charge in [-0.05, 0) is 17.5 Å². The van der Waals surface area contributed by atoms with E-state index >= 15 is 0 Å². The lowest BCUT2D eigenvalue weighted by Gasteiger charge is -2.33. The van der Waals surface area contributed by atoms with Gasteiger partial charge in [0.1, 0.15) is 6.10 Å². The molecule has 1 heterocycles. The van der Waals surface area contributed by atoms with Crippen molar-refractivity contribution in [3.63, 3.8) is 0 Å². The first-order valence-electron chi connectivity index (χ1n) is 8.97. The summed E-state index contributed by atoms with van der Waals surface area (Å²) < 4.78 is 5.78. The molecule has 0 saturated carbocycles. The summed E-state index contributed by atoms with van der Waals surface area (Å²) >= 11 is 0. The van der Waals surface area contributed by atoms with Gasteiger partial charge in [0.2, 0.25) is 11.8 Å². The van der Waals surface area contributed by atoms with Crippen LogP contribution in [-0.2, 0) is 20.7 Å². The molecule has 0 radical (unpaired) electrons. The standard InChI is InChI=1S/C21H24N2O3/c24-20(12-11-17-7-3-1-4-8-17)22-15-21(25)23-13-14-26-19(16-23)18-9-5-2-6-10-18/h1-10,19H,11-16H2,(H,22,24)/t19-/m1/s1. The van der Waals surface area contributed by atoms with Crippen LogP contribution in [0.25, 0.3) is 0 Å². The van der Waals surface area contributed by atoms with Crippen molar-refractivity contribution in [2.75, 3.05) is 26.2 Å². The molecular weight excluding hydrogens is 328 g/mol. The second kappa shape index (κ2) is 9.15. The highest BCUT2D eigenvalue weighted by Gasteiger charge is 2.25. The average Bonchev–Trinajstić information content (AvgIpc) is 2.72. The zero-order valence-corrected chi connectivity index (χ0v) is 14.8. The topological polar surface area (TPSA) is 58.6 Å². The number of hydrogen-bond acceptors (Lipinski definition) is 3. The van der Waals surface area contributed by atoms with Gasteiger partial charge in [-0.3, -0.25) is 9.59 Å². The van der Waals surface area contributed by atoms with E-state index in [4.69, 9.17) is 4.74 Å². The van der Waals surface area contributed by atoms with E-state index in [-0.39, 0.29) is 24.5 Å². The summed E-state index contributed by atoms with van der Waals surface area (Å²) in [5, 5.41) is 2.73. The number of rotatable bonds is 6. The minimum absolute atomic E-state index is 0.0368. The van der Waals surface area contributed by atoms with Crippen LogP contribution in [0.15, 0.2) is 60.7 Å². The van der Waals surface area contributed by atoms with Gasteiger partial charge in [0, 0.05) is 13.0 Å². The lowest BCUT2D eigenvalue weighted by atomic mass is 10.1. The fourth-order valence-corrected chi connectivity index (χ4v) is 3.02. The maximum Gasteiger partial charge on any atom is 0.242 e. The van der Waals surface area contributed by atoms with E-state index in [0.717, 1.165) is 11.1 Å². The molecule has 0 bridgehead atoms. The lowest BCUT2D eigenvalue weighted by Crippen LogP contribution is -2.46. The highest BCUT2D eigenvalue weighted by atomic mass is 16.5. The third-order valence-electron chi connectivity index (χ3n) is 4.51. The molecule has 0 spiro atoms. The average molecular weight is 352 g/mol. The molecule has 0 aliphatic carbocycles. The molecule has 1 saturated heterocycles. The highest BCUT2D eigenvalue weighted by Crippen LogP contribution is 2.21. The number of aryl methyl sites for hydroxylation is 1. The van der Waals surface area contributed by atoms with Crippen molar-refractivity contribution in [2.24, 2.45) is 0 Å². The van der Waals surface area contributed by atoms with Crippen molar-refractivity contribution in [3.8, 4) is 0 Å². The van der Waals surface area contributed by atoms with Crippen LogP contribution in [0.2, 0.25) is 0 Å². The van der Waals surface area contributed by atoms with Gasteiger partial charge in [-0.25, -0.2) is 0 Å². The van der Waals surface area contributed by atoms with Crippen molar-refractivity contribution in [2.45, 2.75) is 18.9 Å². The largest absolute Gasteiger partial charge is 0.370 e. The van der Waals surface area contributed by atoms with E-state index < -0.39 is 0 Å². The van der Waals surface area contributed by atoms with Crippen molar-refractivity contribution in [1.29, 1.82) is 0 Å². The number of nitrogens with one attached hydrogen (secondary N) is 1. The maximum absolute atomic E-state index is 12.4. The third-order valence-corrected chi connectivity index (χ3v) is 4.51. The number of nitrogens with zero attached hydrogens (tertiary/aromatic N) is 1. The van der Waals surface area contributed by atoms with E-state index in [9.17, 15) is 9.59 Å². The first-order valence-corrected chi connectivity index (χ1v) is 8.97. The number of benzene rings is 2. The number of ether oxygens (including phenoxy) is 1. The third kappa shape index (κ3) is 5.17. The maximum atomic E-state index is 12.4. The predicted molar refractivity (Wildman–Crippen MR) is 99.5 cm³/mol. The Morgan fingerprint density at radius 2 is 1.73 bits per heavy atom. The molecule has 5 nitrogen and oxygen atoms in total. The van der Waals surface area contributed by atoms with Crippen LogP contribution in [0.3, 0.4) is 0 Å². The molecule has 1 aliphatic rings. The van der Waals surface area contributed by atoms with E-state index in [1.807, 2.05) is 60.7 Å². The Morgan fingerprint density at radius 3 is 2.46 bits per heavy atom. The molecule has 2 amide bonds. The molecule has 2 aromatic carbocycles. The van der Waals surface area contributed by atoms with E-state index in [0.29, 0.717) is 32.5 Å². The van der Waals surface area contributed by atoms with Crippen LogP contribution in [0, 0.1) is 0 Å². The fraction of sp³-hybridized carbons (Fsp3) is 0.333. The van der Waals surface area contributed by atoms with Crippen molar-refractivity contribution in [1.82, 2.24) is 10.2 Å². The van der Waals surface area contributed by atoms with Crippen LogP contribution in [0.4, 0.5) is 0 Å². The molecular formula is C21H24N2O3. The van der Waals surface area contributed by atoms with E-state index in [1.54, 1.807) is 4.90 Å². The van der Waals surface area contributed by atoms with Crippen molar-refractivity contribution in [3.05, 3.63) is 71.8 Å². The molecule has 1 fully saturated rings. The first kappa shape index (κ1) is 18.1. The zero-order valence-electron chi connectivity index (χ0n) is 14.8. The van der Waals surface area contributed by atoms with Crippen LogP contribution < -0.4 is 5.32 Å². The van der Waals surface area contributed by atoms with Gasteiger partial charge in [-0.15, -0.1) is 0 Å². The minimum Gasteiger partial charge on any atom is -0.370 e. The smallest absolute Gasteiger partial charge is 0.242 e. The van der Waals surface area contributed by atoms with Gasteiger partial charge in [-0.1, -0.05) is 60.7 Å². The number of amides is 2. The number of hydrogen-bond donors (Lipinski definition) is 1. The number of carbonyl (C=O) groups excluding carboxylic acids is 2. The molecule has 136 valence electrons. The summed E-state index contributed by atoms with van der Waals surface area (Å²) in [5.41, 5.74) is 2.18. The Bertz CT molecular complexity index is 719. The van der Waals surface area contributed by atoms with E-state index in [1.165, 1.54) is 0 Å². The normalized spacial score (nSPS) is 16.9. The predicted octanol–water partition coefficient (Wildman–Crippen LogP) is 2.34.